The van der Waals surface area contributed by atoms with Crippen LogP contribution in [-0.4, -0.2) is 28.0 Å². The van der Waals surface area contributed by atoms with Crippen LogP contribution in [0.15, 0.2) is 9.64 Å². The van der Waals surface area contributed by atoms with Crippen molar-refractivity contribution in [3.8, 4) is 6.07 Å². The SMILES string of the molecule is CCCNC1(C#N)CCCC1CCSc1nnc(C)o1. The highest BCUT2D eigenvalue weighted by atomic mass is 32.2. The van der Waals surface area contributed by atoms with Crippen LogP contribution in [0.4, 0.5) is 0 Å². The van der Waals surface area contributed by atoms with Gasteiger partial charge in [-0.25, -0.2) is 0 Å². The van der Waals surface area contributed by atoms with Crippen molar-refractivity contribution in [3.05, 3.63) is 5.89 Å². The smallest absolute Gasteiger partial charge is 0.276 e. The fourth-order valence-corrected chi connectivity index (χ4v) is 3.72. The highest BCUT2D eigenvalue weighted by molar-refractivity contribution is 7.99. The second-order valence-corrected chi connectivity index (χ2v) is 6.37. The van der Waals surface area contributed by atoms with Crippen LogP contribution in [0, 0.1) is 24.2 Å². The van der Waals surface area contributed by atoms with Gasteiger partial charge in [-0.1, -0.05) is 25.1 Å². The van der Waals surface area contributed by atoms with Crippen molar-refractivity contribution >= 4 is 11.8 Å². The molecule has 0 aliphatic heterocycles. The molecule has 1 heterocycles. The number of hydrogen-bond donors (Lipinski definition) is 1. The normalized spacial score (nSPS) is 25.8. The Balaban J connectivity index is 1.85. The van der Waals surface area contributed by atoms with E-state index < -0.39 is 0 Å². The monoisotopic (exact) mass is 294 g/mol. The van der Waals surface area contributed by atoms with E-state index in [1.807, 2.05) is 0 Å². The lowest BCUT2D eigenvalue weighted by Gasteiger charge is -2.29. The first-order valence-electron chi connectivity index (χ1n) is 7.29. The first-order valence-corrected chi connectivity index (χ1v) is 8.28. The molecule has 1 aliphatic carbocycles. The van der Waals surface area contributed by atoms with Crippen LogP contribution in [0.25, 0.3) is 0 Å². The molecule has 2 atom stereocenters. The van der Waals surface area contributed by atoms with Gasteiger partial charge in [0.05, 0.1) is 6.07 Å². The van der Waals surface area contributed by atoms with E-state index in [4.69, 9.17) is 4.42 Å². The van der Waals surface area contributed by atoms with E-state index in [9.17, 15) is 5.26 Å². The first kappa shape index (κ1) is 15.3. The van der Waals surface area contributed by atoms with Crippen LogP contribution in [-0.2, 0) is 0 Å². The lowest BCUT2D eigenvalue weighted by atomic mass is 9.86. The predicted molar refractivity (Wildman–Crippen MR) is 78.4 cm³/mol. The van der Waals surface area contributed by atoms with Crippen LogP contribution in [0.1, 0.15) is 44.9 Å². The zero-order valence-electron chi connectivity index (χ0n) is 12.2. The molecule has 0 radical (unpaired) electrons. The molecule has 2 unspecified atom stereocenters. The topological polar surface area (TPSA) is 74.7 Å². The molecule has 2 rings (SSSR count). The Morgan fingerprint density at radius 2 is 2.40 bits per heavy atom. The average molecular weight is 294 g/mol. The molecular weight excluding hydrogens is 272 g/mol. The van der Waals surface area contributed by atoms with Crippen LogP contribution < -0.4 is 5.32 Å². The van der Waals surface area contributed by atoms with Gasteiger partial charge < -0.3 is 4.42 Å². The van der Waals surface area contributed by atoms with E-state index in [1.54, 1.807) is 18.7 Å². The van der Waals surface area contributed by atoms with Gasteiger partial charge in [-0.2, -0.15) is 5.26 Å². The predicted octanol–water partition coefficient (Wildman–Crippen LogP) is 2.92. The maximum Gasteiger partial charge on any atom is 0.276 e. The number of aryl methyl sites for hydroxylation is 1. The van der Waals surface area contributed by atoms with E-state index in [-0.39, 0.29) is 5.54 Å². The molecule has 6 heteroatoms. The third kappa shape index (κ3) is 3.53. The van der Waals surface area contributed by atoms with Gasteiger partial charge in [-0.05, 0) is 38.1 Å². The molecule has 1 aromatic heterocycles. The second kappa shape index (κ2) is 7.09. The van der Waals surface area contributed by atoms with Gasteiger partial charge in [-0.3, -0.25) is 5.32 Å². The van der Waals surface area contributed by atoms with Gasteiger partial charge in [0.1, 0.15) is 5.54 Å². The summed E-state index contributed by atoms with van der Waals surface area (Å²) in [6.07, 6.45) is 5.31. The minimum absolute atomic E-state index is 0.318. The van der Waals surface area contributed by atoms with Crippen molar-refractivity contribution in [2.45, 2.75) is 56.7 Å². The number of nitrogens with zero attached hydrogens (tertiary/aromatic N) is 3. The van der Waals surface area contributed by atoms with Gasteiger partial charge in [-0.15, -0.1) is 10.2 Å². The molecule has 1 aromatic rings. The summed E-state index contributed by atoms with van der Waals surface area (Å²) in [6, 6.07) is 2.54. The summed E-state index contributed by atoms with van der Waals surface area (Å²) in [5, 5.41) is 21.5. The number of aromatic nitrogens is 2. The lowest BCUT2D eigenvalue weighted by Crippen LogP contribution is -2.47. The Morgan fingerprint density at radius 3 is 3.05 bits per heavy atom. The Kier molecular flexibility index (Phi) is 5.44. The number of nitrogens with one attached hydrogen (secondary N) is 1. The molecule has 5 nitrogen and oxygen atoms in total. The summed E-state index contributed by atoms with van der Waals surface area (Å²) < 4.78 is 5.35. The van der Waals surface area contributed by atoms with Crippen molar-refractivity contribution < 1.29 is 4.42 Å². The summed E-state index contributed by atoms with van der Waals surface area (Å²) in [6.45, 7) is 4.85. The maximum atomic E-state index is 9.57. The van der Waals surface area contributed by atoms with Crippen LogP contribution >= 0.6 is 11.8 Å². The summed E-state index contributed by atoms with van der Waals surface area (Å²) >= 11 is 1.59. The zero-order chi connectivity index (χ0) is 14.4. The van der Waals surface area contributed by atoms with Crippen LogP contribution in [0.3, 0.4) is 0 Å². The first-order chi connectivity index (χ1) is 9.70. The highest BCUT2D eigenvalue weighted by Crippen LogP contribution is 2.38. The van der Waals surface area contributed by atoms with E-state index in [1.165, 1.54) is 0 Å². The van der Waals surface area contributed by atoms with E-state index in [2.05, 4.69) is 28.5 Å². The van der Waals surface area contributed by atoms with E-state index in [0.717, 1.165) is 44.4 Å². The third-order valence-electron chi connectivity index (χ3n) is 3.91. The lowest BCUT2D eigenvalue weighted by molar-refractivity contribution is 0.311. The Hall–Kier alpha value is -1.06. The number of rotatable bonds is 7. The molecular formula is C14H22N4OS. The summed E-state index contributed by atoms with van der Waals surface area (Å²) in [7, 11) is 0. The standard InChI is InChI=1S/C14H22N4OS/c1-3-8-16-14(10-15)7-4-5-12(14)6-9-20-13-18-17-11(2)19-13/h12,16H,3-9H2,1-2H3. The average Bonchev–Trinajstić information content (AvgIpc) is 3.04. The van der Waals surface area contributed by atoms with Gasteiger partial charge in [0.15, 0.2) is 0 Å². The van der Waals surface area contributed by atoms with Crippen molar-refractivity contribution in [2.24, 2.45) is 5.92 Å². The molecule has 1 fully saturated rings. The molecule has 0 spiro atoms. The zero-order valence-corrected chi connectivity index (χ0v) is 13.0. The molecule has 1 N–H and O–H groups in total. The van der Waals surface area contributed by atoms with Crippen LogP contribution in [0.5, 0.6) is 0 Å². The molecule has 0 amide bonds. The molecule has 0 saturated heterocycles. The number of nitriles is 1. The van der Waals surface area contributed by atoms with Crippen molar-refractivity contribution in [1.82, 2.24) is 15.5 Å². The van der Waals surface area contributed by atoms with Crippen LogP contribution in [0.2, 0.25) is 0 Å². The fourth-order valence-electron chi connectivity index (χ4n) is 2.86. The van der Waals surface area contributed by atoms with Crippen molar-refractivity contribution in [3.63, 3.8) is 0 Å². The Bertz CT molecular complexity index is 470. The van der Waals surface area contributed by atoms with Gasteiger partial charge in [0, 0.05) is 12.7 Å². The third-order valence-corrected chi connectivity index (χ3v) is 4.76. The largest absolute Gasteiger partial charge is 0.416 e. The quantitative estimate of drug-likeness (QED) is 0.779. The fraction of sp³-hybridized carbons (Fsp3) is 0.786. The van der Waals surface area contributed by atoms with Gasteiger partial charge in [0.2, 0.25) is 5.89 Å². The minimum atomic E-state index is -0.318. The summed E-state index contributed by atoms with van der Waals surface area (Å²) in [5.41, 5.74) is -0.318. The summed E-state index contributed by atoms with van der Waals surface area (Å²) in [5.74, 6) is 1.95. The second-order valence-electron chi connectivity index (χ2n) is 5.32. The molecule has 0 bridgehead atoms. The van der Waals surface area contributed by atoms with Crippen molar-refractivity contribution in [1.29, 1.82) is 5.26 Å². The van der Waals surface area contributed by atoms with Gasteiger partial charge in [0.25, 0.3) is 5.22 Å². The molecule has 1 aliphatic rings. The minimum Gasteiger partial charge on any atom is -0.416 e. The van der Waals surface area contributed by atoms with Crippen molar-refractivity contribution in [2.75, 3.05) is 12.3 Å². The molecule has 110 valence electrons. The van der Waals surface area contributed by atoms with E-state index in [0.29, 0.717) is 17.0 Å². The maximum absolute atomic E-state index is 9.57. The number of thioether (sulfide) groups is 1. The van der Waals surface area contributed by atoms with E-state index >= 15 is 0 Å². The summed E-state index contributed by atoms with van der Waals surface area (Å²) in [4.78, 5) is 0. The number of hydrogen-bond acceptors (Lipinski definition) is 6. The Labute approximate surface area is 124 Å². The molecule has 0 aromatic carbocycles. The molecule has 1 saturated carbocycles. The molecule has 20 heavy (non-hydrogen) atoms. The highest BCUT2D eigenvalue weighted by Gasteiger charge is 2.42. The Morgan fingerprint density at radius 1 is 1.55 bits per heavy atom. The van der Waals surface area contributed by atoms with Gasteiger partial charge >= 0.3 is 0 Å².